The number of amides is 1. The third-order valence-corrected chi connectivity index (χ3v) is 3.57. The molecule has 2 aromatic carbocycles. The van der Waals surface area contributed by atoms with Gasteiger partial charge in [0.2, 0.25) is 5.91 Å². The molecule has 22 heavy (non-hydrogen) atoms. The van der Waals surface area contributed by atoms with Gasteiger partial charge in [0.25, 0.3) is 0 Å². The molecule has 112 valence electrons. The number of aromatic nitrogens is 1. The predicted octanol–water partition coefficient (Wildman–Crippen LogP) is 4.07. The molecule has 3 aromatic rings. The first-order chi connectivity index (χ1) is 10.7. The highest BCUT2D eigenvalue weighted by Gasteiger charge is 2.05. The van der Waals surface area contributed by atoms with Gasteiger partial charge < -0.3 is 15.0 Å². The summed E-state index contributed by atoms with van der Waals surface area (Å²) in [5.41, 5.74) is 3.82. The molecule has 0 aliphatic heterocycles. The molecular weight excluding hydrogens is 300 g/mol. The number of hydrogen-bond acceptors (Lipinski definition) is 2. The van der Waals surface area contributed by atoms with Gasteiger partial charge >= 0.3 is 0 Å². The smallest absolute Gasteiger partial charge is 0.250 e. The molecule has 0 aliphatic rings. The van der Waals surface area contributed by atoms with Crippen molar-refractivity contribution < 1.29 is 9.53 Å². The van der Waals surface area contributed by atoms with E-state index in [1.807, 2.05) is 42.5 Å². The maximum absolute atomic E-state index is 11.5. The summed E-state index contributed by atoms with van der Waals surface area (Å²) in [6.07, 6.45) is 0. The third kappa shape index (κ3) is 3.13. The van der Waals surface area contributed by atoms with Crippen LogP contribution in [0.5, 0.6) is 0 Å². The van der Waals surface area contributed by atoms with Crippen molar-refractivity contribution in [3.8, 4) is 11.3 Å². The molecule has 3 rings (SSSR count). The highest BCUT2D eigenvalue weighted by atomic mass is 35.5. The molecule has 0 bridgehead atoms. The third-order valence-electron chi connectivity index (χ3n) is 3.34. The minimum atomic E-state index is -0.171. The normalized spacial score (nSPS) is 10.8. The average molecular weight is 315 g/mol. The molecule has 1 amide bonds. The summed E-state index contributed by atoms with van der Waals surface area (Å²) in [6, 6.07) is 15.4. The lowest BCUT2D eigenvalue weighted by Crippen LogP contribution is -2.16. The van der Waals surface area contributed by atoms with Gasteiger partial charge in [-0.25, -0.2) is 0 Å². The van der Waals surface area contributed by atoms with Crippen molar-refractivity contribution in [1.82, 2.24) is 4.98 Å². The van der Waals surface area contributed by atoms with Gasteiger partial charge in [0.05, 0.1) is 0 Å². The molecule has 0 spiro atoms. The van der Waals surface area contributed by atoms with E-state index in [1.54, 1.807) is 0 Å². The second-order valence-corrected chi connectivity index (χ2v) is 5.41. The van der Waals surface area contributed by atoms with Crippen molar-refractivity contribution in [3.63, 3.8) is 0 Å². The molecule has 2 N–H and O–H groups in total. The number of H-pyrrole nitrogens is 1. The van der Waals surface area contributed by atoms with Crippen LogP contribution >= 0.6 is 11.6 Å². The SMILES string of the molecule is COCC(=O)Nc1ccc(-c2cc3cc(Cl)ccc3[nH]2)cc1. The molecule has 0 aliphatic carbocycles. The highest BCUT2D eigenvalue weighted by molar-refractivity contribution is 6.31. The fraction of sp³-hybridized carbons (Fsp3) is 0.118. The molecular formula is C17H15ClN2O2. The van der Waals surface area contributed by atoms with Gasteiger partial charge in [0.15, 0.2) is 0 Å². The van der Waals surface area contributed by atoms with E-state index in [-0.39, 0.29) is 12.5 Å². The van der Waals surface area contributed by atoms with Gasteiger partial charge in [0, 0.05) is 34.4 Å². The molecule has 0 fully saturated rings. The molecule has 0 saturated heterocycles. The minimum absolute atomic E-state index is 0.0462. The van der Waals surface area contributed by atoms with Crippen molar-refractivity contribution in [3.05, 3.63) is 53.6 Å². The first-order valence-corrected chi connectivity index (χ1v) is 7.21. The summed E-state index contributed by atoms with van der Waals surface area (Å²) in [4.78, 5) is 14.8. The fourth-order valence-electron chi connectivity index (χ4n) is 2.32. The zero-order chi connectivity index (χ0) is 15.5. The number of benzene rings is 2. The van der Waals surface area contributed by atoms with E-state index in [1.165, 1.54) is 7.11 Å². The lowest BCUT2D eigenvalue weighted by Gasteiger charge is -2.05. The molecule has 1 heterocycles. The van der Waals surface area contributed by atoms with E-state index < -0.39 is 0 Å². The Bertz CT molecular complexity index is 809. The zero-order valence-corrected chi connectivity index (χ0v) is 12.8. The number of anilines is 1. The Hall–Kier alpha value is -2.30. The number of carbonyl (C=O) groups is 1. The number of halogens is 1. The van der Waals surface area contributed by atoms with Gasteiger partial charge in [-0.2, -0.15) is 0 Å². The number of nitrogens with one attached hydrogen (secondary N) is 2. The highest BCUT2D eigenvalue weighted by Crippen LogP contribution is 2.27. The lowest BCUT2D eigenvalue weighted by molar-refractivity contribution is -0.119. The van der Waals surface area contributed by atoms with Crippen LogP contribution in [0.3, 0.4) is 0 Å². The van der Waals surface area contributed by atoms with Crippen LogP contribution in [0.2, 0.25) is 5.02 Å². The largest absolute Gasteiger partial charge is 0.375 e. The number of rotatable bonds is 4. The Balaban J connectivity index is 1.83. The molecule has 0 saturated carbocycles. The van der Waals surface area contributed by atoms with Gasteiger partial charge in [-0.1, -0.05) is 23.7 Å². The molecule has 0 atom stereocenters. The summed E-state index contributed by atoms with van der Waals surface area (Å²) in [5, 5.41) is 4.55. The topological polar surface area (TPSA) is 54.1 Å². The molecule has 1 aromatic heterocycles. The van der Waals surface area contributed by atoms with E-state index in [4.69, 9.17) is 16.3 Å². The van der Waals surface area contributed by atoms with Crippen LogP contribution in [0, 0.1) is 0 Å². The lowest BCUT2D eigenvalue weighted by atomic mass is 10.1. The van der Waals surface area contributed by atoms with Crippen molar-refractivity contribution in [2.45, 2.75) is 0 Å². The number of hydrogen-bond donors (Lipinski definition) is 2. The predicted molar refractivity (Wildman–Crippen MR) is 89.3 cm³/mol. The zero-order valence-electron chi connectivity index (χ0n) is 12.0. The Labute approximate surface area is 133 Å². The number of ether oxygens (including phenoxy) is 1. The van der Waals surface area contributed by atoms with Crippen molar-refractivity contribution in [2.24, 2.45) is 0 Å². The summed E-state index contributed by atoms with van der Waals surface area (Å²) in [6.45, 7) is 0.0462. The second kappa shape index (κ2) is 6.22. The van der Waals surface area contributed by atoms with Gasteiger partial charge in [-0.05, 0) is 42.0 Å². The quantitative estimate of drug-likeness (QED) is 0.762. The monoisotopic (exact) mass is 314 g/mol. The van der Waals surface area contributed by atoms with Crippen LogP contribution in [0.15, 0.2) is 48.5 Å². The molecule has 4 nitrogen and oxygen atoms in total. The second-order valence-electron chi connectivity index (χ2n) is 4.97. The summed E-state index contributed by atoms with van der Waals surface area (Å²) in [5.74, 6) is -0.171. The minimum Gasteiger partial charge on any atom is -0.375 e. The van der Waals surface area contributed by atoms with Crippen LogP contribution in [0.25, 0.3) is 22.2 Å². The number of carbonyl (C=O) groups excluding carboxylic acids is 1. The van der Waals surface area contributed by atoms with Crippen LogP contribution in [0.4, 0.5) is 5.69 Å². The van der Waals surface area contributed by atoms with Gasteiger partial charge in [-0.3, -0.25) is 4.79 Å². The summed E-state index contributed by atoms with van der Waals surface area (Å²) >= 11 is 6.00. The fourth-order valence-corrected chi connectivity index (χ4v) is 2.50. The summed E-state index contributed by atoms with van der Waals surface area (Å²) in [7, 11) is 1.49. The van der Waals surface area contributed by atoms with E-state index >= 15 is 0 Å². The summed E-state index contributed by atoms with van der Waals surface area (Å²) < 4.78 is 4.78. The van der Waals surface area contributed by atoms with E-state index in [2.05, 4.69) is 16.4 Å². The van der Waals surface area contributed by atoms with Gasteiger partial charge in [0.1, 0.15) is 6.61 Å². The Morgan fingerprint density at radius 1 is 1.18 bits per heavy atom. The Morgan fingerprint density at radius 3 is 2.68 bits per heavy atom. The standard InChI is InChI=1S/C17H15ClN2O2/c1-22-10-17(21)19-14-5-2-11(3-6-14)16-9-12-8-13(18)4-7-15(12)20-16/h2-9,20H,10H2,1H3,(H,19,21). The van der Waals surface area contributed by atoms with Crippen LogP contribution in [0.1, 0.15) is 0 Å². The molecule has 5 heteroatoms. The maximum atomic E-state index is 11.5. The maximum Gasteiger partial charge on any atom is 0.250 e. The van der Waals surface area contributed by atoms with Crippen LogP contribution < -0.4 is 5.32 Å². The van der Waals surface area contributed by atoms with Crippen molar-refractivity contribution >= 4 is 34.1 Å². The first kappa shape index (κ1) is 14.6. The van der Waals surface area contributed by atoms with E-state index in [0.717, 1.165) is 27.8 Å². The first-order valence-electron chi connectivity index (χ1n) is 6.83. The Kier molecular flexibility index (Phi) is 4.13. The van der Waals surface area contributed by atoms with E-state index in [0.29, 0.717) is 5.02 Å². The average Bonchev–Trinajstić information content (AvgIpc) is 2.91. The van der Waals surface area contributed by atoms with Gasteiger partial charge in [-0.15, -0.1) is 0 Å². The number of aromatic amines is 1. The Morgan fingerprint density at radius 2 is 1.95 bits per heavy atom. The molecule has 0 radical (unpaired) electrons. The van der Waals surface area contributed by atoms with Crippen LogP contribution in [-0.2, 0) is 9.53 Å². The number of fused-ring (bicyclic) bond motifs is 1. The van der Waals surface area contributed by atoms with Crippen LogP contribution in [-0.4, -0.2) is 24.6 Å². The number of methoxy groups -OCH3 is 1. The van der Waals surface area contributed by atoms with E-state index in [9.17, 15) is 4.79 Å². The van der Waals surface area contributed by atoms with Crippen molar-refractivity contribution in [2.75, 3.05) is 19.0 Å². The van der Waals surface area contributed by atoms with Crippen molar-refractivity contribution in [1.29, 1.82) is 0 Å². The molecule has 0 unspecified atom stereocenters.